The van der Waals surface area contributed by atoms with Crippen molar-refractivity contribution >= 4 is 67.6 Å². The van der Waals surface area contributed by atoms with E-state index in [1.807, 2.05) is 30.4 Å². The van der Waals surface area contributed by atoms with Crippen LogP contribution < -0.4 is 38.4 Å². The van der Waals surface area contributed by atoms with Gasteiger partial charge in [-0.3, -0.25) is 0 Å². The molecule has 0 amide bonds. The zero-order chi connectivity index (χ0) is 64.8. The van der Waals surface area contributed by atoms with Gasteiger partial charge >= 0.3 is 0 Å². The first-order valence-electron chi connectivity index (χ1n) is 33.8. The highest BCUT2D eigenvalue weighted by Gasteiger charge is 2.53. The van der Waals surface area contributed by atoms with E-state index in [0.717, 1.165) is 128 Å². The van der Waals surface area contributed by atoms with E-state index in [2.05, 4.69) is 172 Å². The Bertz CT molecular complexity index is 4580. The van der Waals surface area contributed by atoms with Crippen LogP contribution >= 0.6 is 0 Å². The Kier molecular flexibility index (Phi) is 16.5. The van der Waals surface area contributed by atoms with Gasteiger partial charge in [0, 0.05) is 129 Å². The molecule has 4 unspecified atom stereocenters. The zero-order valence-corrected chi connectivity index (χ0v) is 54.2. The lowest BCUT2D eigenvalue weighted by molar-refractivity contribution is 0.0597. The normalized spacial score (nSPS) is 21.8. The molecular formula is C83H77F2N3O8. The summed E-state index contributed by atoms with van der Waals surface area (Å²) in [5.41, 5.74) is 7.97. The fourth-order valence-corrected chi connectivity index (χ4v) is 16.0. The van der Waals surface area contributed by atoms with Crippen molar-refractivity contribution in [2.24, 2.45) is 11.8 Å². The van der Waals surface area contributed by atoms with Crippen LogP contribution in [0.15, 0.2) is 206 Å². The van der Waals surface area contributed by atoms with Crippen LogP contribution in [0.4, 0.5) is 25.8 Å². The molecule has 10 aromatic carbocycles. The van der Waals surface area contributed by atoms with Gasteiger partial charge < -0.3 is 52.6 Å². The van der Waals surface area contributed by atoms with Gasteiger partial charge in [-0.05, 0) is 115 Å². The Morgan fingerprint density at radius 1 is 0.427 bits per heavy atom. The molecule has 1 spiro atoms. The molecular weight excluding hydrogens is 1200 g/mol. The number of nitrogens with zero attached hydrogens (tertiary/aromatic N) is 3. The number of halogens is 2. The standard InChI is InChI=1S/C33H32N2O3.C31H27F2NO4.C19H18O/c1-2-6-25(7-3-1)33(26-10-12-27(13-11-26)34-16-20-36-21-17-34)15-14-30-28-8-4-5-9-29(28)31(24-32(30)38-33)35-18-22-37-23-19-35;1-35-28-9-7-20(17-25(28)32)31(21-8-10-29(36-2)26(33)18-21)12-11-24-22-5-3-4-6-23(22)27(19-30(24)38-31)34-13-15-37-16-14-34;1-2-4-17-14(3-1)6-7-15-9-10-19(20-18(15)17)12-13-5-8-16(19)11-13/h1-15,24H,16-23H2;3-12,17-19H,13-16H2,1-2H3;1-4,6-7,9-10,13,16H,5,8,11-12H2. The molecule has 486 valence electrons. The minimum Gasteiger partial charge on any atom is -0.494 e. The molecule has 2 bridgehead atoms. The second kappa shape index (κ2) is 25.8. The molecule has 11 nitrogen and oxygen atoms in total. The number of methoxy groups -OCH3 is 2. The SMILES string of the molecule is C1=CC(c2ccccc2)(c2ccc(N3CCOCC3)cc2)Oc2cc(N3CCOCC3)c3ccccc3c21.C1=CC2(CC3CCC2C3)Oc2c1ccc1ccccc21.COc1ccc(C2(c3ccc(OC)c(F)c3)C=Cc3c(cc(N4CCOCC4)c4ccccc34)O2)cc1F. The van der Waals surface area contributed by atoms with E-state index in [1.165, 1.54) is 90.5 Å². The summed E-state index contributed by atoms with van der Waals surface area (Å²) in [6.07, 6.45) is 18.3. The van der Waals surface area contributed by atoms with Gasteiger partial charge in [0.2, 0.25) is 0 Å². The second-order valence-corrected chi connectivity index (χ2v) is 26.1. The van der Waals surface area contributed by atoms with Gasteiger partial charge in [-0.15, -0.1) is 0 Å². The molecule has 0 aromatic heterocycles. The molecule has 5 fully saturated rings. The Hall–Kier alpha value is -9.66. The molecule has 3 saturated heterocycles. The second-order valence-electron chi connectivity index (χ2n) is 26.1. The van der Waals surface area contributed by atoms with Gasteiger partial charge in [0.25, 0.3) is 0 Å². The minimum absolute atomic E-state index is 0.0000411. The van der Waals surface area contributed by atoms with Crippen LogP contribution in [0.5, 0.6) is 28.7 Å². The van der Waals surface area contributed by atoms with Crippen molar-refractivity contribution in [3.8, 4) is 28.7 Å². The number of rotatable bonds is 9. The zero-order valence-electron chi connectivity index (χ0n) is 54.2. The van der Waals surface area contributed by atoms with Crippen LogP contribution in [0.3, 0.4) is 0 Å². The quantitative estimate of drug-likeness (QED) is 0.139. The van der Waals surface area contributed by atoms with E-state index >= 15 is 0 Å². The number of morpholine rings is 3. The molecule has 10 aromatic rings. The van der Waals surface area contributed by atoms with Crippen molar-refractivity contribution in [1.29, 1.82) is 0 Å². The summed E-state index contributed by atoms with van der Waals surface area (Å²) in [6.45, 7) is 9.46. The van der Waals surface area contributed by atoms with E-state index in [4.69, 9.17) is 37.9 Å². The van der Waals surface area contributed by atoms with Gasteiger partial charge in [0.05, 0.1) is 53.9 Å². The van der Waals surface area contributed by atoms with Gasteiger partial charge in [-0.25, -0.2) is 8.78 Å². The number of fused-ring (bicyclic) bond motifs is 12. The maximum Gasteiger partial charge on any atom is 0.178 e. The lowest BCUT2D eigenvalue weighted by Gasteiger charge is -2.38. The molecule has 8 aliphatic rings. The smallest absolute Gasteiger partial charge is 0.178 e. The molecule has 6 heterocycles. The van der Waals surface area contributed by atoms with Crippen LogP contribution in [0, 0.1) is 23.5 Å². The minimum atomic E-state index is -1.29. The third-order valence-electron chi connectivity index (χ3n) is 20.9. The average Bonchev–Trinajstić information content (AvgIpc) is 1.29. The van der Waals surface area contributed by atoms with Gasteiger partial charge in [-0.2, -0.15) is 0 Å². The van der Waals surface area contributed by atoms with E-state index < -0.39 is 22.8 Å². The summed E-state index contributed by atoms with van der Waals surface area (Å²) < 4.78 is 77.6. The Morgan fingerprint density at radius 3 is 1.42 bits per heavy atom. The highest BCUT2D eigenvalue weighted by molar-refractivity contribution is 6.04. The highest BCUT2D eigenvalue weighted by atomic mass is 19.1. The van der Waals surface area contributed by atoms with Crippen LogP contribution in [-0.4, -0.2) is 98.7 Å². The lowest BCUT2D eigenvalue weighted by atomic mass is 9.82. The summed E-state index contributed by atoms with van der Waals surface area (Å²) in [7, 11) is 2.83. The summed E-state index contributed by atoms with van der Waals surface area (Å²) in [4.78, 5) is 7.10. The van der Waals surface area contributed by atoms with Crippen molar-refractivity contribution in [1.82, 2.24) is 0 Å². The van der Waals surface area contributed by atoms with Gasteiger partial charge in [0.1, 0.15) is 22.8 Å². The van der Waals surface area contributed by atoms with Crippen molar-refractivity contribution in [2.75, 3.05) is 108 Å². The number of ether oxygens (including phenoxy) is 8. The third-order valence-corrected chi connectivity index (χ3v) is 20.9. The monoisotopic (exact) mass is 1280 g/mol. The van der Waals surface area contributed by atoms with Gasteiger partial charge in [0.15, 0.2) is 34.3 Å². The summed E-state index contributed by atoms with van der Waals surface area (Å²) in [5.74, 6) is 3.43. The fourth-order valence-electron chi connectivity index (χ4n) is 16.0. The lowest BCUT2D eigenvalue weighted by Crippen LogP contribution is -2.40. The molecule has 2 aliphatic carbocycles. The fraction of sp³-hybridized carbons (Fsp3) is 0.277. The molecule has 0 N–H and O–H groups in total. The summed E-state index contributed by atoms with van der Waals surface area (Å²) in [5, 5.41) is 7.16. The average molecular weight is 1280 g/mol. The largest absolute Gasteiger partial charge is 0.494 e. The van der Waals surface area contributed by atoms with Crippen LogP contribution in [0.2, 0.25) is 0 Å². The predicted octanol–water partition coefficient (Wildman–Crippen LogP) is 17.0. The number of hydrogen-bond donors (Lipinski definition) is 0. The molecule has 18 rings (SSSR count). The van der Waals surface area contributed by atoms with Crippen molar-refractivity contribution in [3.63, 3.8) is 0 Å². The van der Waals surface area contributed by atoms with E-state index in [-0.39, 0.29) is 17.1 Å². The van der Waals surface area contributed by atoms with Crippen molar-refractivity contribution < 1.29 is 46.7 Å². The molecule has 4 atom stereocenters. The summed E-state index contributed by atoms with van der Waals surface area (Å²) in [6, 6.07) is 62.9. The van der Waals surface area contributed by atoms with Crippen molar-refractivity contribution in [2.45, 2.75) is 42.5 Å². The molecule has 96 heavy (non-hydrogen) atoms. The Morgan fingerprint density at radius 2 is 0.906 bits per heavy atom. The summed E-state index contributed by atoms with van der Waals surface area (Å²) >= 11 is 0. The number of hydrogen-bond acceptors (Lipinski definition) is 11. The molecule has 2 saturated carbocycles. The number of benzene rings is 10. The topological polar surface area (TPSA) is 83.6 Å². The maximum absolute atomic E-state index is 15.0. The first-order valence-corrected chi connectivity index (χ1v) is 33.8. The van der Waals surface area contributed by atoms with E-state index in [9.17, 15) is 8.78 Å². The van der Waals surface area contributed by atoms with E-state index in [1.54, 1.807) is 24.3 Å². The first-order chi connectivity index (χ1) is 47.2. The third kappa shape index (κ3) is 11.1. The van der Waals surface area contributed by atoms with Crippen LogP contribution in [-0.2, 0) is 25.4 Å². The maximum atomic E-state index is 15.0. The molecule has 13 heteroatoms. The van der Waals surface area contributed by atoms with E-state index in [0.29, 0.717) is 30.1 Å². The Balaban J connectivity index is 0.000000119. The van der Waals surface area contributed by atoms with Gasteiger partial charge in [-0.1, -0.05) is 146 Å². The first kappa shape index (κ1) is 61.2. The predicted molar refractivity (Wildman–Crippen MR) is 378 cm³/mol. The van der Waals surface area contributed by atoms with Crippen LogP contribution in [0.1, 0.15) is 64.6 Å². The van der Waals surface area contributed by atoms with Crippen molar-refractivity contribution in [3.05, 3.63) is 257 Å². The number of anilines is 3. The molecule has 6 aliphatic heterocycles. The Labute approximate surface area is 559 Å². The molecule has 0 radical (unpaired) electrons. The van der Waals surface area contributed by atoms with Crippen LogP contribution in [0.25, 0.3) is 50.5 Å². The highest BCUT2D eigenvalue weighted by Crippen LogP contribution is 2.56.